The van der Waals surface area contributed by atoms with Crippen LogP contribution in [0.2, 0.25) is 0 Å². The van der Waals surface area contributed by atoms with Gasteiger partial charge in [0.15, 0.2) is 0 Å². The number of para-hydroxylation sites is 1. The molecule has 0 radical (unpaired) electrons. The number of benzene rings is 10. The molecule has 12 aromatic rings. The van der Waals surface area contributed by atoms with Crippen molar-refractivity contribution in [3.05, 3.63) is 235 Å². The molecule has 0 amide bonds. The molecule has 14 rings (SSSR count). The predicted octanol–water partition coefficient (Wildman–Crippen LogP) is 17.5. The largest absolute Gasteiger partial charge is 0.456 e. The second-order valence-corrected chi connectivity index (χ2v) is 18.4. The first kappa shape index (κ1) is 37.2. The Bertz CT molecular complexity index is 3920. The average Bonchev–Trinajstić information content (AvgIpc) is 3.98. The summed E-state index contributed by atoms with van der Waals surface area (Å²) in [6.45, 7) is 0. The molecule has 2 heteroatoms. The van der Waals surface area contributed by atoms with Gasteiger partial charge in [-0.2, -0.15) is 0 Å². The van der Waals surface area contributed by atoms with Crippen LogP contribution in [0.1, 0.15) is 35.4 Å². The van der Waals surface area contributed by atoms with Gasteiger partial charge in [-0.05, 0) is 181 Å². The van der Waals surface area contributed by atoms with Crippen LogP contribution >= 0.6 is 0 Å². The lowest BCUT2D eigenvalue weighted by Crippen LogP contribution is -1.93. The molecule has 2 aliphatic rings. The molecule has 0 atom stereocenters. The molecule has 2 heterocycles. The molecule has 66 heavy (non-hydrogen) atoms. The summed E-state index contributed by atoms with van der Waals surface area (Å²) in [7, 11) is 0. The van der Waals surface area contributed by atoms with Gasteiger partial charge in [0.2, 0.25) is 0 Å². The highest BCUT2D eigenvalue weighted by atomic mass is 16.3. The first-order chi connectivity index (χ1) is 32.6. The summed E-state index contributed by atoms with van der Waals surface area (Å²) in [6, 6.07) is 80.9. The monoisotopic (exact) mass is 841 g/mol. The molecule has 0 bridgehead atoms. The van der Waals surface area contributed by atoms with Crippen LogP contribution in [0.5, 0.6) is 0 Å². The summed E-state index contributed by atoms with van der Waals surface area (Å²) in [4.78, 5) is 0. The molecule has 2 aliphatic carbocycles. The fraction of sp³-hybridized carbons (Fsp3) is 0.0625. The number of fused-ring (bicyclic) bond motifs is 9. The van der Waals surface area contributed by atoms with Crippen molar-refractivity contribution >= 4 is 43.7 Å². The summed E-state index contributed by atoms with van der Waals surface area (Å²) in [6.07, 6.45) is 3.58. The second-order valence-electron chi connectivity index (χ2n) is 18.4. The number of aromatic nitrogens is 1. The highest BCUT2D eigenvalue weighted by molar-refractivity contribution is 6.12. The van der Waals surface area contributed by atoms with Crippen molar-refractivity contribution in [2.45, 2.75) is 25.2 Å². The lowest BCUT2D eigenvalue weighted by Gasteiger charge is -2.11. The van der Waals surface area contributed by atoms with Crippen LogP contribution in [0.25, 0.3) is 116 Å². The van der Waals surface area contributed by atoms with Crippen LogP contribution in [-0.2, 0) is 6.42 Å². The van der Waals surface area contributed by atoms with E-state index in [9.17, 15) is 0 Å². The minimum atomic E-state index is 0.743. The van der Waals surface area contributed by atoms with Gasteiger partial charge in [0.25, 0.3) is 0 Å². The van der Waals surface area contributed by atoms with E-state index in [1.807, 2.05) is 0 Å². The standard InChI is InChI=1S/C64H43NO/c1-2-9-40(10-3-1)48-25-28-62-58(37-48)55-17-4-5-18-61(55)65(62)54-27-30-64-60(39-54)59-38-51(26-29-63(59)66-64)50-22-24-53-34-52-23-21-49(35-56(52)57(53)36-50)47-16-8-15-46(33-47)45-14-7-13-44(32-45)43-12-6-11-42(31-43)41-19-20-41/h1-18,21-33,35-39,41H,19-20,34H2. The molecule has 310 valence electrons. The van der Waals surface area contributed by atoms with Gasteiger partial charge in [0, 0.05) is 27.2 Å². The summed E-state index contributed by atoms with van der Waals surface area (Å²) in [5.74, 6) is 0.743. The zero-order valence-corrected chi connectivity index (χ0v) is 36.3. The first-order valence-electron chi connectivity index (χ1n) is 23.3. The third kappa shape index (κ3) is 6.17. The Morgan fingerprint density at radius 2 is 0.833 bits per heavy atom. The molecule has 0 spiro atoms. The third-order valence-electron chi connectivity index (χ3n) is 14.4. The van der Waals surface area contributed by atoms with Crippen molar-refractivity contribution in [2.24, 2.45) is 0 Å². The van der Waals surface area contributed by atoms with Gasteiger partial charge in [-0.15, -0.1) is 0 Å². The van der Waals surface area contributed by atoms with E-state index in [2.05, 4.69) is 223 Å². The number of hydrogen-bond donors (Lipinski definition) is 0. The molecule has 1 saturated carbocycles. The molecule has 0 aliphatic heterocycles. The van der Waals surface area contributed by atoms with E-state index < -0.39 is 0 Å². The van der Waals surface area contributed by atoms with Gasteiger partial charge < -0.3 is 8.98 Å². The van der Waals surface area contributed by atoms with Crippen LogP contribution in [0, 0.1) is 0 Å². The van der Waals surface area contributed by atoms with E-state index in [-0.39, 0.29) is 0 Å². The van der Waals surface area contributed by atoms with Gasteiger partial charge in [-0.25, -0.2) is 0 Å². The maximum absolute atomic E-state index is 6.50. The van der Waals surface area contributed by atoms with E-state index in [0.29, 0.717) is 0 Å². The Morgan fingerprint density at radius 1 is 0.333 bits per heavy atom. The lowest BCUT2D eigenvalue weighted by atomic mass is 9.93. The van der Waals surface area contributed by atoms with Crippen molar-refractivity contribution in [1.29, 1.82) is 0 Å². The van der Waals surface area contributed by atoms with Crippen LogP contribution in [-0.4, -0.2) is 4.57 Å². The molecule has 0 unspecified atom stereocenters. The maximum Gasteiger partial charge on any atom is 0.135 e. The minimum absolute atomic E-state index is 0.743. The number of rotatable bonds is 7. The van der Waals surface area contributed by atoms with Crippen LogP contribution in [0.3, 0.4) is 0 Å². The van der Waals surface area contributed by atoms with E-state index in [1.54, 1.807) is 0 Å². The van der Waals surface area contributed by atoms with Crippen molar-refractivity contribution in [2.75, 3.05) is 0 Å². The molecule has 1 fully saturated rings. The Balaban J connectivity index is 0.803. The normalized spacial score (nSPS) is 13.2. The van der Waals surface area contributed by atoms with E-state index in [1.165, 1.54) is 118 Å². The van der Waals surface area contributed by atoms with Gasteiger partial charge in [0.05, 0.1) is 11.0 Å². The number of furan rings is 1. The summed E-state index contributed by atoms with van der Waals surface area (Å²) in [5.41, 5.74) is 24.5. The number of hydrogen-bond acceptors (Lipinski definition) is 1. The van der Waals surface area contributed by atoms with Gasteiger partial charge in [0.1, 0.15) is 11.2 Å². The van der Waals surface area contributed by atoms with E-state index in [4.69, 9.17) is 4.42 Å². The maximum atomic E-state index is 6.50. The Hall–Kier alpha value is -8.20. The minimum Gasteiger partial charge on any atom is -0.456 e. The van der Waals surface area contributed by atoms with Gasteiger partial charge in [-0.1, -0.05) is 146 Å². The van der Waals surface area contributed by atoms with Crippen LogP contribution < -0.4 is 0 Å². The molecule has 10 aromatic carbocycles. The van der Waals surface area contributed by atoms with Crippen molar-refractivity contribution < 1.29 is 4.42 Å². The zero-order valence-electron chi connectivity index (χ0n) is 36.3. The van der Waals surface area contributed by atoms with Crippen molar-refractivity contribution in [1.82, 2.24) is 4.57 Å². The van der Waals surface area contributed by atoms with Crippen LogP contribution in [0.15, 0.2) is 223 Å². The molecule has 2 aromatic heterocycles. The van der Waals surface area contributed by atoms with Crippen LogP contribution in [0.4, 0.5) is 0 Å². The van der Waals surface area contributed by atoms with E-state index in [0.717, 1.165) is 40.0 Å². The highest BCUT2D eigenvalue weighted by Gasteiger charge is 2.24. The fourth-order valence-corrected chi connectivity index (χ4v) is 10.8. The average molecular weight is 842 g/mol. The molecular weight excluding hydrogens is 799 g/mol. The SMILES string of the molecule is c1ccc(-c2ccc3c(c2)c2ccccc2n3-c2ccc3oc4ccc(-c5ccc6c(c5)-c5cc(-c7cccc(-c8cccc(-c9cccc(C%10CC%10)c9)c8)c7)ccc5C6)cc4c3c2)cc1. The fourth-order valence-electron chi connectivity index (χ4n) is 10.8. The van der Waals surface area contributed by atoms with Crippen molar-refractivity contribution in [3.8, 4) is 72.4 Å². The second kappa shape index (κ2) is 14.7. The zero-order chi connectivity index (χ0) is 43.3. The molecule has 2 nitrogen and oxygen atoms in total. The Kier molecular flexibility index (Phi) is 8.27. The van der Waals surface area contributed by atoms with Crippen molar-refractivity contribution in [3.63, 3.8) is 0 Å². The Morgan fingerprint density at radius 3 is 1.53 bits per heavy atom. The third-order valence-corrected chi connectivity index (χ3v) is 14.4. The predicted molar refractivity (Wildman–Crippen MR) is 275 cm³/mol. The molecule has 0 N–H and O–H groups in total. The molecule has 0 saturated heterocycles. The highest BCUT2D eigenvalue weighted by Crippen LogP contribution is 2.44. The van der Waals surface area contributed by atoms with Gasteiger partial charge in [-0.3, -0.25) is 0 Å². The lowest BCUT2D eigenvalue weighted by molar-refractivity contribution is 0.669. The van der Waals surface area contributed by atoms with E-state index >= 15 is 0 Å². The quantitative estimate of drug-likeness (QED) is 0.156. The van der Waals surface area contributed by atoms with Gasteiger partial charge >= 0.3 is 0 Å². The first-order valence-corrected chi connectivity index (χ1v) is 23.3. The topological polar surface area (TPSA) is 18.1 Å². The summed E-state index contributed by atoms with van der Waals surface area (Å²) >= 11 is 0. The number of nitrogens with zero attached hydrogens (tertiary/aromatic N) is 1. The Labute approximate surface area is 383 Å². The summed E-state index contributed by atoms with van der Waals surface area (Å²) in [5, 5.41) is 4.73. The smallest absolute Gasteiger partial charge is 0.135 e. The molecular formula is C64H43NO. The summed E-state index contributed by atoms with van der Waals surface area (Å²) < 4.78 is 8.90.